The SMILES string of the molecule is NC(=NC(N=C(N)N=C(N)Nc1ccccc1)N=C(N)N=C(N)Nc1ccccc1)N=C(N)Nc1ccccc1. The van der Waals surface area contributed by atoms with Crippen LogP contribution in [0.15, 0.2) is 121 Å². The number of nitrogens with one attached hydrogen (secondary N) is 3. The summed E-state index contributed by atoms with van der Waals surface area (Å²) in [5.41, 5.74) is 37.8. The van der Waals surface area contributed by atoms with Crippen molar-refractivity contribution in [3.05, 3.63) is 91.0 Å². The number of nitrogens with zero attached hydrogens (tertiary/aromatic N) is 6. The maximum Gasteiger partial charge on any atom is 0.244 e. The smallest absolute Gasteiger partial charge is 0.244 e. The van der Waals surface area contributed by atoms with Gasteiger partial charge in [0.25, 0.3) is 0 Å². The maximum atomic E-state index is 5.96. The summed E-state index contributed by atoms with van der Waals surface area (Å²) < 4.78 is 0. The Balaban J connectivity index is 1.84. The van der Waals surface area contributed by atoms with Crippen LogP contribution in [0.25, 0.3) is 0 Å². The molecule has 0 unspecified atom stereocenters. The molecule has 0 aliphatic carbocycles. The molecule has 15 heteroatoms. The highest BCUT2D eigenvalue weighted by Gasteiger charge is 2.08. The predicted molar refractivity (Wildman–Crippen MR) is 164 cm³/mol. The van der Waals surface area contributed by atoms with Gasteiger partial charge in [-0.1, -0.05) is 54.6 Å². The van der Waals surface area contributed by atoms with E-state index in [-0.39, 0.29) is 35.8 Å². The van der Waals surface area contributed by atoms with Gasteiger partial charge in [-0.2, -0.15) is 15.0 Å². The third-order valence-electron chi connectivity index (χ3n) is 4.59. The molecule has 3 aromatic rings. The van der Waals surface area contributed by atoms with Crippen molar-refractivity contribution in [2.24, 2.45) is 64.4 Å². The molecule has 0 aromatic heterocycles. The van der Waals surface area contributed by atoms with E-state index in [2.05, 4.69) is 45.9 Å². The lowest BCUT2D eigenvalue weighted by atomic mass is 10.3. The predicted octanol–water partition coefficient (Wildman–Crippen LogP) is 0.495. The molecule has 0 amide bonds. The summed E-state index contributed by atoms with van der Waals surface area (Å²) >= 11 is 0. The Hall–Kier alpha value is -6.12. The first kappa shape index (κ1) is 28.5. The Labute approximate surface area is 230 Å². The van der Waals surface area contributed by atoms with Gasteiger partial charge >= 0.3 is 0 Å². The summed E-state index contributed by atoms with van der Waals surface area (Å²) in [6.07, 6.45) is -1.35. The van der Waals surface area contributed by atoms with Gasteiger partial charge in [0, 0.05) is 17.1 Å². The van der Waals surface area contributed by atoms with Gasteiger partial charge in [0.05, 0.1) is 0 Å². The average molecular weight is 542 g/mol. The van der Waals surface area contributed by atoms with Gasteiger partial charge in [-0.15, -0.1) is 0 Å². The Morgan fingerprint density at radius 3 is 0.925 bits per heavy atom. The van der Waals surface area contributed by atoms with Crippen molar-refractivity contribution in [3.63, 3.8) is 0 Å². The minimum Gasteiger partial charge on any atom is -0.369 e. The molecule has 0 radical (unpaired) electrons. The second-order valence-electron chi connectivity index (χ2n) is 7.77. The van der Waals surface area contributed by atoms with E-state index in [4.69, 9.17) is 34.4 Å². The highest BCUT2D eigenvalue weighted by atomic mass is 15.3. The highest BCUT2D eigenvalue weighted by Crippen LogP contribution is 2.06. The molecule has 40 heavy (non-hydrogen) atoms. The van der Waals surface area contributed by atoms with E-state index in [9.17, 15) is 0 Å². The van der Waals surface area contributed by atoms with E-state index in [0.717, 1.165) is 0 Å². The molecule has 0 aliphatic heterocycles. The molecule has 0 heterocycles. The maximum absolute atomic E-state index is 5.96. The zero-order chi connectivity index (χ0) is 28.7. The lowest BCUT2D eigenvalue weighted by Gasteiger charge is -2.08. The molecule has 0 fully saturated rings. The number of hydrogen-bond acceptors (Lipinski definition) is 3. The molecule has 0 bridgehead atoms. The third kappa shape index (κ3) is 10.5. The minimum atomic E-state index is -1.35. The van der Waals surface area contributed by atoms with Gasteiger partial charge < -0.3 is 50.4 Å². The number of para-hydroxylation sites is 3. The first-order valence-corrected chi connectivity index (χ1v) is 11.8. The lowest BCUT2D eigenvalue weighted by molar-refractivity contribution is 0.748. The van der Waals surface area contributed by atoms with Crippen molar-refractivity contribution in [1.82, 2.24) is 0 Å². The fourth-order valence-corrected chi connectivity index (χ4v) is 2.99. The van der Waals surface area contributed by atoms with Gasteiger partial charge in [0.1, 0.15) is 0 Å². The molecule has 0 atom stereocenters. The largest absolute Gasteiger partial charge is 0.369 e. The molecular weight excluding hydrogens is 510 g/mol. The van der Waals surface area contributed by atoms with Gasteiger partial charge in [-0.3, -0.25) is 0 Å². The van der Waals surface area contributed by atoms with E-state index in [0.29, 0.717) is 17.1 Å². The summed E-state index contributed by atoms with van der Waals surface area (Å²) in [5, 5.41) is 8.64. The molecule has 206 valence electrons. The Morgan fingerprint density at radius 1 is 0.425 bits per heavy atom. The molecule has 3 aromatic carbocycles. The number of anilines is 3. The number of guanidine groups is 6. The normalized spacial score (nSPS) is 14.4. The molecule has 15 N–H and O–H groups in total. The third-order valence-corrected chi connectivity index (χ3v) is 4.59. The van der Waals surface area contributed by atoms with Crippen LogP contribution in [0.2, 0.25) is 0 Å². The van der Waals surface area contributed by atoms with Crippen LogP contribution in [-0.2, 0) is 0 Å². The second-order valence-corrected chi connectivity index (χ2v) is 7.77. The van der Waals surface area contributed by atoms with Crippen LogP contribution in [-0.4, -0.2) is 42.0 Å². The van der Waals surface area contributed by atoms with Crippen LogP contribution in [0.1, 0.15) is 0 Å². The van der Waals surface area contributed by atoms with Crippen molar-refractivity contribution in [2.75, 3.05) is 16.0 Å². The van der Waals surface area contributed by atoms with E-state index in [1.54, 1.807) is 36.4 Å². The number of rotatable bonds is 6. The lowest BCUT2D eigenvalue weighted by Crippen LogP contribution is -2.29. The van der Waals surface area contributed by atoms with Gasteiger partial charge in [-0.25, -0.2) is 15.0 Å². The quantitative estimate of drug-likeness (QED) is 0.155. The van der Waals surface area contributed by atoms with Crippen LogP contribution in [0.5, 0.6) is 0 Å². The van der Waals surface area contributed by atoms with Crippen LogP contribution < -0.4 is 50.4 Å². The summed E-state index contributed by atoms with van der Waals surface area (Å²) in [7, 11) is 0. The summed E-state index contributed by atoms with van der Waals surface area (Å²) in [6, 6.07) is 27.3. The Kier molecular flexibility index (Phi) is 10.4. The zero-order valence-corrected chi connectivity index (χ0v) is 21.4. The monoisotopic (exact) mass is 541 g/mol. The minimum absolute atomic E-state index is 0.0243. The van der Waals surface area contributed by atoms with E-state index in [1.165, 1.54) is 0 Å². The first-order valence-electron chi connectivity index (χ1n) is 11.8. The zero-order valence-electron chi connectivity index (χ0n) is 21.4. The van der Waals surface area contributed by atoms with Crippen LogP contribution in [0.3, 0.4) is 0 Å². The van der Waals surface area contributed by atoms with E-state index < -0.39 is 6.29 Å². The van der Waals surface area contributed by atoms with Crippen LogP contribution >= 0.6 is 0 Å². The van der Waals surface area contributed by atoms with Crippen molar-refractivity contribution in [3.8, 4) is 0 Å². The van der Waals surface area contributed by atoms with E-state index >= 15 is 0 Å². The molecule has 0 spiro atoms. The van der Waals surface area contributed by atoms with Crippen LogP contribution in [0, 0.1) is 0 Å². The first-order chi connectivity index (χ1) is 19.3. The highest BCUT2D eigenvalue weighted by molar-refractivity contribution is 6.02. The molecule has 0 aliphatic rings. The fraction of sp³-hybridized carbons (Fsp3) is 0.0400. The number of hydrogen-bond donors (Lipinski definition) is 9. The van der Waals surface area contributed by atoms with Crippen molar-refractivity contribution < 1.29 is 0 Å². The molecule has 0 saturated carbocycles. The van der Waals surface area contributed by atoms with Crippen molar-refractivity contribution >= 4 is 52.8 Å². The average Bonchev–Trinajstić information content (AvgIpc) is 2.89. The standard InChI is InChI=1S/C25H31N15/c26-19(32-16-10-4-1-5-11-16)35-22(29)38-25(39-23(30)36-20(27)33-17-12-6-2-7-13-17)40-24(31)37-21(28)34-18-14-8-3-9-15-18/h1-15,25H,(H5,26,29,32,35,38)(H5,27,30,33,36,39)(H5,28,31,34,37,40). The van der Waals surface area contributed by atoms with Crippen LogP contribution in [0.4, 0.5) is 17.1 Å². The summed E-state index contributed by atoms with van der Waals surface area (Å²) in [4.78, 5) is 24.4. The Morgan fingerprint density at radius 2 is 0.675 bits per heavy atom. The van der Waals surface area contributed by atoms with Gasteiger partial charge in [0.2, 0.25) is 42.0 Å². The summed E-state index contributed by atoms with van der Waals surface area (Å²) in [6.45, 7) is 0. The molecule has 0 saturated heterocycles. The number of aliphatic imine (C=N–C) groups is 6. The van der Waals surface area contributed by atoms with E-state index in [1.807, 2.05) is 54.6 Å². The number of nitrogens with two attached hydrogens (primary N) is 6. The second kappa shape index (κ2) is 14.6. The van der Waals surface area contributed by atoms with Crippen molar-refractivity contribution in [2.45, 2.75) is 6.29 Å². The Bertz CT molecular complexity index is 1240. The summed E-state index contributed by atoms with van der Waals surface area (Å²) in [5.74, 6) is -0.912. The number of benzene rings is 3. The molecular formula is C25H31N15. The molecule has 3 rings (SSSR count). The van der Waals surface area contributed by atoms with Crippen molar-refractivity contribution in [1.29, 1.82) is 0 Å². The van der Waals surface area contributed by atoms with Gasteiger partial charge in [0.15, 0.2) is 0 Å². The topological polar surface area (TPSA) is 266 Å². The molecule has 15 nitrogen and oxygen atoms in total. The van der Waals surface area contributed by atoms with Gasteiger partial charge in [-0.05, 0) is 36.4 Å². The fourth-order valence-electron chi connectivity index (χ4n) is 2.99.